The van der Waals surface area contributed by atoms with Crippen molar-refractivity contribution in [2.75, 3.05) is 37.4 Å². The number of rotatable bonds is 3. The largest absolute Gasteiger partial charge is 0.381 e. The zero-order valence-corrected chi connectivity index (χ0v) is 16.5. The summed E-state index contributed by atoms with van der Waals surface area (Å²) < 4.78 is 5.37. The molecule has 0 aliphatic carbocycles. The molecule has 1 fully saturated rings. The molecule has 0 atom stereocenters. The molecule has 2 aromatic heterocycles. The summed E-state index contributed by atoms with van der Waals surface area (Å²) in [6.45, 7) is 4.65. The van der Waals surface area contributed by atoms with E-state index in [0.29, 0.717) is 5.82 Å². The topological polar surface area (TPSA) is 84.3 Å². The third kappa shape index (κ3) is 3.09. The van der Waals surface area contributed by atoms with Crippen LogP contribution in [0, 0.1) is 6.92 Å². The van der Waals surface area contributed by atoms with E-state index in [1.807, 2.05) is 43.3 Å². The number of benzene rings is 2. The second-order valence-corrected chi connectivity index (χ2v) is 7.52. The highest BCUT2D eigenvalue weighted by atomic mass is 16.5. The summed E-state index contributed by atoms with van der Waals surface area (Å²) in [4.78, 5) is 14.2. The van der Waals surface area contributed by atoms with Gasteiger partial charge in [0.1, 0.15) is 0 Å². The lowest BCUT2D eigenvalue weighted by Crippen LogP contribution is -2.25. The fourth-order valence-corrected chi connectivity index (χ4v) is 3.86. The van der Waals surface area contributed by atoms with Gasteiger partial charge >= 0.3 is 0 Å². The summed E-state index contributed by atoms with van der Waals surface area (Å²) in [6.07, 6.45) is 1.73. The molecule has 1 saturated heterocycles. The summed E-state index contributed by atoms with van der Waals surface area (Å²) in [5, 5.41) is 4.88. The van der Waals surface area contributed by atoms with Gasteiger partial charge in [-0.3, -0.25) is 4.90 Å². The first-order chi connectivity index (χ1) is 14.1. The number of fused-ring (bicyclic) bond motifs is 1. The molecule has 7 nitrogen and oxygen atoms in total. The molecule has 0 amide bonds. The number of aromatic nitrogens is 3. The Kier molecular flexibility index (Phi) is 4.17. The number of nitrogens with zero attached hydrogens (tertiary/aromatic N) is 5. The van der Waals surface area contributed by atoms with E-state index in [1.165, 1.54) is 0 Å². The maximum atomic E-state index is 6.38. The molecule has 146 valence electrons. The molecule has 2 aromatic carbocycles. The highest BCUT2D eigenvalue weighted by Gasteiger charge is 2.24. The average Bonchev–Trinajstić information content (AvgIpc) is 3.37. The van der Waals surface area contributed by atoms with Gasteiger partial charge in [0.25, 0.3) is 0 Å². The lowest BCUT2D eigenvalue weighted by Gasteiger charge is -2.21. The van der Waals surface area contributed by atoms with Crippen molar-refractivity contribution in [3.63, 3.8) is 0 Å². The second-order valence-electron chi connectivity index (χ2n) is 7.52. The Balaban J connectivity index is 1.74. The van der Waals surface area contributed by atoms with Crippen molar-refractivity contribution in [2.45, 2.75) is 6.92 Å². The van der Waals surface area contributed by atoms with E-state index in [-0.39, 0.29) is 0 Å². The third-order valence-electron chi connectivity index (χ3n) is 5.33. The highest BCUT2D eigenvalue weighted by molar-refractivity contribution is 5.89. The Morgan fingerprint density at radius 1 is 1.00 bits per heavy atom. The van der Waals surface area contributed by atoms with Gasteiger partial charge in [0, 0.05) is 29.6 Å². The Morgan fingerprint density at radius 2 is 1.79 bits per heavy atom. The van der Waals surface area contributed by atoms with Crippen molar-refractivity contribution in [1.29, 1.82) is 0 Å². The molecule has 7 heteroatoms. The standard InChI is InChI=1S/C22H22N6O/c1-14-10-16(11-17-12-24-29-20(14)17)19-18(15-6-4-3-5-7-15)25-21(23)22(26-19)28-9-8-27(2)13-28/h3-7,10-12H,8-9,13H2,1-2H3,(H2,23,25). The first-order valence-electron chi connectivity index (χ1n) is 9.62. The van der Waals surface area contributed by atoms with Crippen LogP contribution in [0.1, 0.15) is 5.56 Å². The lowest BCUT2D eigenvalue weighted by molar-refractivity contribution is 0.420. The normalized spacial score (nSPS) is 14.8. The molecular formula is C22H22N6O. The monoisotopic (exact) mass is 386 g/mol. The summed E-state index contributed by atoms with van der Waals surface area (Å²) in [7, 11) is 2.09. The van der Waals surface area contributed by atoms with Crippen LogP contribution in [0.5, 0.6) is 0 Å². The first kappa shape index (κ1) is 17.6. The molecule has 1 aliphatic heterocycles. The molecule has 0 bridgehead atoms. The Hall–Kier alpha value is -3.45. The predicted octanol–water partition coefficient (Wildman–Crippen LogP) is 3.55. The number of nitrogens with two attached hydrogens (primary N) is 1. The van der Waals surface area contributed by atoms with E-state index in [1.54, 1.807) is 6.20 Å². The van der Waals surface area contributed by atoms with Crippen LogP contribution >= 0.6 is 0 Å². The zero-order valence-electron chi connectivity index (χ0n) is 16.5. The molecule has 2 N–H and O–H groups in total. The molecular weight excluding hydrogens is 364 g/mol. The molecule has 0 saturated carbocycles. The molecule has 0 radical (unpaired) electrons. The Bertz CT molecular complexity index is 1190. The van der Waals surface area contributed by atoms with Gasteiger partial charge in [-0.05, 0) is 31.7 Å². The van der Waals surface area contributed by atoms with Crippen LogP contribution in [0.4, 0.5) is 11.6 Å². The van der Waals surface area contributed by atoms with Crippen LogP contribution in [0.3, 0.4) is 0 Å². The van der Waals surface area contributed by atoms with Crippen LogP contribution in [-0.4, -0.2) is 46.8 Å². The smallest absolute Gasteiger partial charge is 0.173 e. The molecule has 1 aliphatic rings. The van der Waals surface area contributed by atoms with E-state index >= 15 is 0 Å². The number of hydrogen-bond donors (Lipinski definition) is 1. The average molecular weight is 386 g/mol. The van der Waals surface area contributed by atoms with Crippen molar-refractivity contribution >= 4 is 22.6 Å². The maximum absolute atomic E-state index is 6.38. The number of hydrogen-bond acceptors (Lipinski definition) is 7. The van der Waals surface area contributed by atoms with Gasteiger partial charge < -0.3 is 15.2 Å². The second kappa shape index (κ2) is 6.86. The van der Waals surface area contributed by atoms with E-state index in [2.05, 4.69) is 28.1 Å². The molecule has 4 aromatic rings. The molecule has 29 heavy (non-hydrogen) atoms. The number of likely N-dealkylation sites (N-methyl/N-ethyl adjacent to an activating group) is 1. The van der Waals surface area contributed by atoms with Gasteiger partial charge in [-0.1, -0.05) is 35.5 Å². The van der Waals surface area contributed by atoms with E-state index in [0.717, 1.165) is 64.6 Å². The molecule has 3 heterocycles. The van der Waals surface area contributed by atoms with E-state index in [4.69, 9.17) is 20.2 Å². The third-order valence-corrected chi connectivity index (χ3v) is 5.33. The first-order valence-corrected chi connectivity index (χ1v) is 9.62. The summed E-state index contributed by atoms with van der Waals surface area (Å²) in [5.74, 6) is 1.18. The van der Waals surface area contributed by atoms with Gasteiger partial charge in [-0.15, -0.1) is 0 Å². The van der Waals surface area contributed by atoms with Crippen molar-refractivity contribution in [3.8, 4) is 22.5 Å². The van der Waals surface area contributed by atoms with Crippen LogP contribution in [-0.2, 0) is 0 Å². The van der Waals surface area contributed by atoms with Gasteiger partial charge in [-0.2, -0.15) is 0 Å². The van der Waals surface area contributed by atoms with Crippen LogP contribution in [0.2, 0.25) is 0 Å². The SMILES string of the molecule is Cc1cc(-c2nc(N3CCN(C)C3)c(N)nc2-c2ccccc2)cc2cnoc12. The quantitative estimate of drug-likeness (QED) is 0.576. The van der Waals surface area contributed by atoms with Crippen LogP contribution in [0.15, 0.2) is 53.2 Å². The van der Waals surface area contributed by atoms with Gasteiger partial charge in [0.05, 0.1) is 24.3 Å². The highest BCUT2D eigenvalue weighted by Crippen LogP contribution is 2.36. The number of nitrogen functional groups attached to an aromatic ring is 1. The van der Waals surface area contributed by atoms with Crippen LogP contribution in [0.25, 0.3) is 33.5 Å². The van der Waals surface area contributed by atoms with Gasteiger partial charge in [0.15, 0.2) is 17.2 Å². The number of aryl methyl sites for hydroxylation is 1. The minimum absolute atomic E-state index is 0.450. The maximum Gasteiger partial charge on any atom is 0.173 e. The lowest BCUT2D eigenvalue weighted by atomic mass is 10.0. The summed E-state index contributed by atoms with van der Waals surface area (Å²) in [6, 6.07) is 14.2. The zero-order chi connectivity index (χ0) is 20.0. The van der Waals surface area contributed by atoms with Crippen molar-refractivity contribution in [3.05, 3.63) is 54.2 Å². The van der Waals surface area contributed by atoms with Crippen molar-refractivity contribution in [2.24, 2.45) is 0 Å². The Labute approximate surface area is 168 Å². The summed E-state index contributed by atoms with van der Waals surface area (Å²) >= 11 is 0. The number of anilines is 2. The van der Waals surface area contributed by atoms with Gasteiger partial charge in [-0.25, -0.2) is 9.97 Å². The van der Waals surface area contributed by atoms with Crippen LogP contribution < -0.4 is 10.6 Å². The van der Waals surface area contributed by atoms with Crippen molar-refractivity contribution in [1.82, 2.24) is 20.0 Å². The minimum atomic E-state index is 0.450. The van der Waals surface area contributed by atoms with Crippen molar-refractivity contribution < 1.29 is 4.52 Å². The summed E-state index contributed by atoms with van der Waals surface area (Å²) in [5.41, 5.74) is 11.7. The molecule has 5 rings (SSSR count). The Morgan fingerprint density at radius 3 is 2.55 bits per heavy atom. The van der Waals surface area contributed by atoms with E-state index in [9.17, 15) is 0 Å². The van der Waals surface area contributed by atoms with Gasteiger partial charge in [0.2, 0.25) is 0 Å². The fraction of sp³-hybridized carbons (Fsp3) is 0.227. The molecule has 0 unspecified atom stereocenters. The fourth-order valence-electron chi connectivity index (χ4n) is 3.86. The molecule has 0 spiro atoms. The van der Waals surface area contributed by atoms with E-state index < -0.39 is 0 Å². The predicted molar refractivity (Wildman–Crippen MR) is 114 cm³/mol. The minimum Gasteiger partial charge on any atom is -0.381 e.